The van der Waals surface area contributed by atoms with Crippen LogP contribution in [0.3, 0.4) is 0 Å². The second-order valence-electron chi connectivity index (χ2n) is 5.52. The fraction of sp³-hybridized carbons (Fsp3) is 1.00. The van der Waals surface area contributed by atoms with Crippen LogP contribution in [0.4, 0.5) is 0 Å². The van der Waals surface area contributed by atoms with Gasteiger partial charge in [-0.3, -0.25) is 4.90 Å². The molecule has 2 heterocycles. The van der Waals surface area contributed by atoms with Crippen molar-refractivity contribution in [1.82, 2.24) is 9.21 Å². The Morgan fingerprint density at radius 2 is 2.11 bits per heavy atom. The highest BCUT2D eigenvalue weighted by atomic mass is 32.2. The van der Waals surface area contributed by atoms with Crippen LogP contribution in [0.1, 0.15) is 33.1 Å². The summed E-state index contributed by atoms with van der Waals surface area (Å²) in [6.07, 6.45) is 2.91. The topological polar surface area (TPSA) is 66.6 Å². The Morgan fingerprint density at radius 3 is 2.72 bits per heavy atom. The molecule has 0 amide bonds. The summed E-state index contributed by atoms with van der Waals surface area (Å²) in [5, 5.41) is -0.423. The molecule has 5 nitrogen and oxygen atoms in total. The third kappa shape index (κ3) is 2.43. The summed E-state index contributed by atoms with van der Waals surface area (Å²) < 4.78 is 26.9. The van der Waals surface area contributed by atoms with Crippen molar-refractivity contribution in [2.75, 3.05) is 26.2 Å². The van der Waals surface area contributed by atoms with Gasteiger partial charge in [0, 0.05) is 31.7 Å². The third-order valence-electron chi connectivity index (χ3n) is 4.35. The van der Waals surface area contributed by atoms with E-state index >= 15 is 0 Å². The maximum atomic E-state index is 12.6. The Balaban J connectivity index is 2.16. The third-order valence-corrected chi connectivity index (χ3v) is 6.88. The minimum Gasteiger partial charge on any atom is -0.329 e. The fourth-order valence-electron chi connectivity index (χ4n) is 3.21. The van der Waals surface area contributed by atoms with Gasteiger partial charge in [-0.05, 0) is 32.7 Å². The van der Waals surface area contributed by atoms with Crippen LogP contribution in [0.5, 0.6) is 0 Å². The molecule has 2 rings (SSSR count). The van der Waals surface area contributed by atoms with Crippen molar-refractivity contribution in [3.63, 3.8) is 0 Å². The molecule has 3 atom stereocenters. The van der Waals surface area contributed by atoms with Crippen molar-refractivity contribution >= 4 is 10.0 Å². The summed E-state index contributed by atoms with van der Waals surface area (Å²) in [6, 6.07) is 0.496. The zero-order valence-corrected chi connectivity index (χ0v) is 12.2. The monoisotopic (exact) mass is 275 g/mol. The Hall–Kier alpha value is -0.170. The molecule has 2 aliphatic heterocycles. The molecule has 2 saturated heterocycles. The number of fused-ring (bicyclic) bond motifs is 1. The van der Waals surface area contributed by atoms with E-state index in [1.807, 2.05) is 13.8 Å². The van der Waals surface area contributed by atoms with E-state index in [0.717, 1.165) is 19.5 Å². The Morgan fingerprint density at radius 1 is 1.39 bits per heavy atom. The normalized spacial score (nSPS) is 32.4. The predicted molar refractivity (Wildman–Crippen MR) is 72.8 cm³/mol. The van der Waals surface area contributed by atoms with Crippen molar-refractivity contribution in [3.8, 4) is 0 Å². The molecule has 0 bridgehead atoms. The van der Waals surface area contributed by atoms with Crippen molar-refractivity contribution < 1.29 is 8.42 Å². The molecule has 2 aliphatic rings. The van der Waals surface area contributed by atoms with Crippen LogP contribution >= 0.6 is 0 Å². The summed E-state index contributed by atoms with van der Waals surface area (Å²) in [4.78, 5) is 2.43. The van der Waals surface area contributed by atoms with Gasteiger partial charge in [-0.1, -0.05) is 6.92 Å². The standard InChI is InChI=1S/C12H25N3O2S/c1-3-12(7-13)18(16,17)15-9-11-5-4-6-14(11)8-10(15)2/h10-12H,3-9,13H2,1-2H3. The van der Waals surface area contributed by atoms with E-state index in [2.05, 4.69) is 4.90 Å². The van der Waals surface area contributed by atoms with E-state index in [9.17, 15) is 8.42 Å². The highest BCUT2D eigenvalue weighted by molar-refractivity contribution is 7.89. The van der Waals surface area contributed by atoms with Crippen LogP contribution in [0.25, 0.3) is 0 Å². The number of piperazine rings is 1. The van der Waals surface area contributed by atoms with Crippen LogP contribution in [0, 0.1) is 0 Å². The number of sulfonamides is 1. The first-order valence-corrected chi connectivity index (χ1v) is 8.45. The zero-order valence-electron chi connectivity index (χ0n) is 11.4. The van der Waals surface area contributed by atoms with Gasteiger partial charge in [-0.2, -0.15) is 4.31 Å². The van der Waals surface area contributed by atoms with Gasteiger partial charge in [0.05, 0.1) is 5.25 Å². The number of nitrogens with zero attached hydrogens (tertiary/aromatic N) is 2. The molecule has 0 aliphatic carbocycles. The van der Waals surface area contributed by atoms with Gasteiger partial charge in [0.2, 0.25) is 10.0 Å². The first kappa shape index (κ1) is 14.2. The molecule has 0 aromatic carbocycles. The smallest absolute Gasteiger partial charge is 0.218 e. The Labute approximate surface area is 110 Å². The summed E-state index contributed by atoms with van der Waals surface area (Å²) in [7, 11) is -3.23. The van der Waals surface area contributed by atoms with Crippen molar-refractivity contribution in [2.24, 2.45) is 5.73 Å². The minimum absolute atomic E-state index is 0.0740. The van der Waals surface area contributed by atoms with Crippen LogP contribution in [-0.2, 0) is 10.0 Å². The van der Waals surface area contributed by atoms with E-state index in [4.69, 9.17) is 5.73 Å². The molecule has 2 fully saturated rings. The molecule has 0 radical (unpaired) electrons. The molecular formula is C12H25N3O2S. The maximum Gasteiger partial charge on any atom is 0.218 e. The van der Waals surface area contributed by atoms with Gasteiger partial charge in [0.1, 0.15) is 0 Å². The van der Waals surface area contributed by atoms with Crippen LogP contribution in [-0.4, -0.2) is 61.1 Å². The summed E-state index contributed by atoms with van der Waals surface area (Å²) >= 11 is 0. The molecule has 0 aromatic rings. The van der Waals surface area contributed by atoms with Crippen molar-refractivity contribution in [2.45, 2.75) is 50.4 Å². The lowest BCUT2D eigenvalue weighted by Gasteiger charge is -2.42. The van der Waals surface area contributed by atoms with E-state index < -0.39 is 15.3 Å². The number of hydrogen-bond donors (Lipinski definition) is 1. The fourth-order valence-corrected chi connectivity index (χ4v) is 5.20. The number of nitrogens with two attached hydrogens (primary N) is 1. The lowest BCUT2D eigenvalue weighted by Crippen LogP contribution is -2.58. The van der Waals surface area contributed by atoms with E-state index in [-0.39, 0.29) is 12.6 Å². The second kappa shape index (κ2) is 5.45. The van der Waals surface area contributed by atoms with E-state index in [0.29, 0.717) is 19.0 Å². The minimum atomic E-state index is -3.23. The highest BCUT2D eigenvalue weighted by Gasteiger charge is 2.41. The van der Waals surface area contributed by atoms with Gasteiger partial charge >= 0.3 is 0 Å². The number of hydrogen-bond acceptors (Lipinski definition) is 4. The average Bonchev–Trinajstić information content (AvgIpc) is 2.76. The summed E-state index contributed by atoms with van der Waals surface area (Å²) in [5.41, 5.74) is 5.61. The molecule has 0 aromatic heterocycles. The van der Waals surface area contributed by atoms with Gasteiger partial charge in [0.25, 0.3) is 0 Å². The summed E-state index contributed by atoms with van der Waals surface area (Å²) in [6.45, 7) is 6.76. The lowest BCUT2D eigenvalue weighted by molar-refractivity contribution is 0.116. The molecule has 3 unspecified atom stereocenters. The molecule has 106 valence electrons. The highest BCUT2D eigenvalue weighted by Crippen LogP contribution is 2.27. The van der Waals surface area contributed by atoms with Crippen LogP contribution in [0.15, 0.2) is 0 Å². The van der Waals surface area contributed by atoms with Crippen molar-refractivity contribution in [3.05, 3.63) is 0 Å². The quantitative estimate of drug-likeness (QED) is 0.797. The lowest BCUT2D eigenvalue weighted by atomic mass is 10.1. The van der Waals surface area contributed by atoms with Gasteiger partial charge in [-0.25, -0.2) is 8.42 Å². The Kier molecular flexibility index (Phi) is 4.31. The van der Waals surface area contributed by atoms with Gasteiger partial charge in [0.15, 0.2) is 0 Å². The van der Waals surface area contributed by atoms with E-state index in [1.54, 1.807) is 4.31 Å². The van der Waals surface area contributed by atoms with Crippen LogP contribution < -0.4 is 5.73 Å². The molecule has 6 heteroatoms. The first-order valence-electron chi connectivity index (χ1n) is 6.95. The average molecular weight is 275 g/mol. The molecule has 2 N–H and O–H groups in total. The second-order valence-corrected chi connectivity index (χ2v) is 7.69. The van der Waals surface area contributed by atoms with Gasteiger partial charge < -0.3 is 5.73 Å². The SMILES string of the molecule is CCC(CN)S(=O)(=O)N1CC2CCCN2CC1C. The Bertz CT molecular complexity index is 381. The zero-order chi connectivity index (χ0) is 13.3. The largest absolute Gasteiger partial charge is 0.329 e. The molecule has 0 saturated carbocycles. The predicted octanol–water partition coefficient (Wildman–Crippen LogP) is 0.222. The molecular weight excluding hydrogens is 250 g/mol. The van der Waals surface area contributed by atoms with Crippen molar-refractivity contribution in [1.29, 1.82) is 0 Å². The first-order chi connectivity index (χ1) is 8.50. The van der Waals surface area contributed by atoms with Crippen LogP contribution in [0.2, 0.25) is 0 Å². The maximum absolute atomic E-state index is 12.6. The van der Waals surface area contributed by atoms with Gasteiger partial charge in [-0.15, -0.1) is 0 Å². The van der Waals surface area contributed by atoms with E-state index in [1.165, 1.54) is 6.42 Å². The molecule has 0 spiro atoms. The molecule has 18 heavy (non-hydrogen) atoms. The summed E-state index contributed by atoms with van der Waals surface area (Å²) in [5.74, 6) is 0. The number of rotatable bonds is 4.